The van der Waals surface area contributed by atoms with Gasteiger partial charge >= 0.3 is 6.36 Å². The number of anilines is 2. The fourth-order valence-corrected chi connectivity index (χ4v) is 3.79. The molecule has 2 amide bonds. The van der Waals surface area contributed by atoms with Gasteiger partial charge in [-0.3, -0.25) is 9.59 Å². The van der Waals surface area contributed by atoms with E-state index in [2.05, 4.69) is 10.1 Å². The summed E-state index contributed by atoms with van der Waals surface area (Å²) in [4.78, 5) is 29.1. The molecule has 0 bridgehead atoms. The van der Waals surface area contributed by atoms with Crippen LogP contribution in [0.3, 0.4) is 0 Å². The summed E-state index contributed by atoms with van der Waals surface area (Å²) < 4.78 is 40.5. The Kier molecular flexibility index (Phi) is 4.60. The van der Waals surface area contributed by atoms with Gasteiger partial charge in [0, 0.05) is 24.8 Å². The van der Waals surface area contributed by atoms with E-state index in [1.165, 1.54) is 12.1 Å². The van der Waals surface area contributed by atoms with E-state index in [1.807, 2.05) is 16.8 Å². The molecule has 2 aliphatic heterocycles. The van der Waals surface area contributed by atoms with E-state index in [9.17, 15) is 22.8 Å². The topological polar surface area (TPSA) is 61.9 Å². The predicted molar refractivity (Wildman–Crippen MR) is 100.0 cm³/mol. The van der Waals surface area contributed by atoms with E-state index in [4.69, 9.17) is 0 Å². The van der Waals surface area contributed by atoms with Crippen LogP contribution in [0.2, 0.25) is 0 Å². The van der Waals surface area contributed by atoms with Crippen molar-refractivity contribution in [2.24, 2.45) is 0 Å². The van der Waals surface area contributed by atoms with Crippen LogP contribution in [0, 0.1) is 0 Å². The minimum Gasteiger partial charge on any atom is -0.406 e. The van der Waals surface area contributed by atoms with Gasteiger partial charge in [-0.2, -0.15) is 0 Å². The van der Waals surface area contributed by atoms with Crippen molar-refractivity contribution in [3.8, 4) is 5.75 Å². The molecule has 0 aromatic heterocycles. The molecule has 1 saturated heterocycles. The largest absolute Gasteiger partial charge is 0.573 e. The first-order chi connectivity index (χ1) is 13.7. The number of fused-ring (bicyclic) bond motifs is 2. The normalized spacial score (nSPS) is 18.3. The highest BCUT2D eigenvalue weighted by atomic mass is 19.4. The molecule has 0 saturated carbocycles. The van der Waals surface area contributed by atoms with Gasteiger partial charge in [0.1, 0.15) is 11.9 Å². The van der Waals surface area contributed by atoms with E-state index < -0.39 is 12.3 Å². The van der Waals surface area contributed by atoms with Gasteiger partial charge in [-0.05, 0) is 55.3 Å². The minimum absolute atomic E-state index is 0.00510. The molecule has 2 aliphatic rings. The van der Waals surface area contributed by atoms with E-state index >= 15 is 0 Å². The number of alkyl halides is 3. The van der Waals surface area contributed by atoms with E-state index in [0.29, 0.717) is 22.5 Å². The minimum atomic E-state index is -4.77. The number of carbonyl (C=O) groups excluding carboxylic acids is 2. The molecule has 9 heteroatoms. The number of ether oxygens (including phenoxy) is 1. The first-order valence-corrected chi connectivity index (χ1v) is 9.08. The number of amides is 2. The molecule has 152 valence electrons. The Hall–Kier alpha value is -3.23. The molecule has 2 aromatic carbocycles. The number of nitrogens with one attached hydrogen (secondary N) is 1. The Labute approximate surface area is 164 Å². The second-order valence-electron chi connectivity index (χ2n) is 6.99. The quantitative estimate of drug-likeness (QED) is 0.843. The zero-order valence-corrected chi connectivity index (χ0v) is 15.5. The molecule has 6 nitrogen and oxygen atoms in total. The van der Waals surface area contributed by atoms with Gasteiger partial charge in [0.2, 0.25) is 0 Å². The van der Waals surface area contributed by atoms with E-state index in [-0.39, 0.29) is 17.8 Å². The lowest BCUT2D eigenvalue weighted by atomic mass is 10.0. The molecule has 1 N–H and O–H groups in total. The summed E-state index contributed by atoms with van der Waals surface area (Å²) >= 11 is 0. The van der Waals surface area contributed by atoms with Crippen LogP contribution in [0.25, 0.3) is 0 Å². The second kappa shape index (κ2) is 6.98. The number of hydrogen-bond donors (Lipinski definition) is 1. The van der Waals surface area contributed by atoms with Gasteiger partial charge in [-0.1, -0.05) is 0 Å². The van der Waals surface area contributed by atoms with Gasteiger partial charge in [-0.15, -0.1) is 13.2 Å². The molecule has 1 unspecified atom stereocenters. The highest BCUT2D eigenvalue weighted by molar-refractivity contribution is 6.08. The van der Waals surface area contributed by atoms with Crippen LogP contribution in [0.1, 0.15) is 33.6 Å². The lowest BCUT2D eigenvalue weighted by Gasteiger charge is -2.40. The summed E-state index contributed by atoms with van der Waals surface area (Å²) in [6, 6.07) is 9.76. The molecule has 2 aromatic rings. The van der Waals surface area contributed by atoms with Crippen LogP contribution >= 0.6 is 0 Å². The Bertz CT molecular complexity index is 960. The molecular weight excluding hydrogens is 387 g/mol. The molecule has 0 radical (unpaired) electrons. The fourth-order valence-electron chi connectivity index (χ4n) is 3.79. The van der Waals surface area contributed by atoms with Gasteiger partial charge < -0.3 is 19.9 Å². The van der Waals surface area contributed by atoms with Gasteiger partial charge in [0.25, 0.3) is 11.8 Å². The smallest absolute Gasteiger partial charge is 0.406 e. The number of benzene rings is 2. The molecule has 0 spiro atoms. The Morgan fingerprint density at radius 2 is 1.90 bits per heavy atom. The first kappa shape index (κ1) is 19.1. The highest BCUT2D eigenvalue weighted by Gasteiger charge is 2.38. The van der Waals surface area contributed by atoms with Crippen LogP contribution in [0.5, 0.6) is 5.75 Å². The highest BCUT2D eigenvalue weighted by Crippen LogP contribution is 2.35. The molecule has 0 aliphatic carbocycles. The number of rotatable bonds is 3. The molecule has 4 rings (SSSR count). The summed E-state index contributed by atoms with van der Waals surface area (Å²) in [5.74, 6) is -0.828. The Balaban J connectivity index is 1.52. The van der Waals surface area contributed by atoms with Crippen LogP contribution in [0.4, 0.5) is 24.5 Å². The zero-order chi connectivity index (χ0) is 20.8. The number of hydrogen-bond acceptors (Lipinski definition) is 4. The lowest BCUT2D eigenvalue weighted by Crippen LogP contribution is -2.50. The maximum absolute atomic E-state index is 12.7. The summed E-state index contributed by atoms with van der Waals surface area (Å²) in [5.41, 5.74) is 1.93. The number of nitrogens with zero attached hydrogens (tertiary/aromatic N) is 2. The van der Waals surface area contributed by atoms with Crippen LogP contribution in [-0.4, -0.2) is 42.8 Å². The third kappa shape index (κ3) is 3.72. The first-order valence-electron chi connectivity index (χ1n) is 9.08. The predicted octanol–water partition coefficient (Wildman–Crippen LogP) is 3.85. The van der Waals surface area contributed by atoms with Crippen molar-refractivity contribution in [3.63, 3.8) is 0 Å². The van der Waals surface area contributed by atoms with Crippen LogP contribution in [-0.2, 0) is 0 Å². The maximum atomic E-state index is 12.7. The number of carbonyl (C=O) groups is 2. The third-order valence-corrected chi connectivity index (χ3v) is 5.15. The lowest BCUT2D eigenvalue weighted by molar-refractivity contribution is -0.274. The molecule has 1 fully saturated rings. The van der Waals surface area contributed by atoms with Gasteiger partial charge in [0.05, 0.1) is 11.3 Å². The summed E-state index contributed by atoms with van der Waals surface area (Å²) in [6.45, 7) is 0.726. The third-order valence-electron chi connectivity index (χ3n) is 5.15. The van der Waals surface area contributed by atoms with Crippen molar-refractivity contribution >= 4 is 23.2 Å². The number of halogens is 3. The molecule has 1 atom stereocenters. The monoisotopic (exact) mass is 405 g/mol. The second-order valence-corrected chi connectivity index (χ2v) is 6.99. The molecule has 29 heavy (non-hydrogen) atoms. The standard InChI is InChI=1S/C20H18F3N3O3/c1-25-16-11-12(4-9-15(16)19(28)26-10-2-3-17(25)26)18(27)24-13-5-7-14(8-6-13)29-20(21,22)23/h4-9,11,17H,2-3,10H2,1H3,(H,24,27). The van der Waals surface area contributed by atoms with E-state index in [0.717, 1.165) is 31.5 Å². The van der Waals surface area contributed by atoms with Crippen molar-refractivity contribution in [2.75, 3.05) is 23.8 Å². The Morgan fingerprint density at radius 1 is 1.17 bits per heavy atom. The van der Waals surface area contributed by atoms with Gasteiger partial charge in [-0.25, -0.2) is 0 Å². The summed E-state index contributed by atoms with van der Waals surface area (Å²) in [5, 5.41) is 2.64. The molecular formula is C20H18F3N3O3. The van der Waals surface area contributed by atoms with Crippen molar-refractivity contribution < 1.29 is 27.5 Å². The zero-order valence-electron chi connectivity index (χ0n) is 15.5. The maximum Gasteiger partial charge on any atom is 0.573 e. The SMILES string of the molecule is CN1c2cc(C(=O)Nc3ccc(OC(F)(F)F)cc3)ccc2C(=O)N2CCCC21. The summed E-state index contributed by atoms with van der Waals surface area (Å²) in [6.07, 6.45) is -2.96. The summed E-state index contributed by atoms with van der Waals surface area (Å²) in [7, 11) is 1.90. The van der Waals surface area contributed by atoms with Crippen molar-refractivity contribution in [2.45, 2.75) is 25.4 Å². The van der Waals surface area contributed by atoms with Crippen molar-refractivity contribution in [1.82, 2.24) is 4.90 Å². The molecule has 2 heterocycles. The van der Waals surface area contributed by atoms with Crippen LogP contribution < -0.4 is 15.0 Å². The average Bonchev–Trinajstić information content (AvgIpc) is 3.16. The Morgan fingerprint density at radius 3 is 2.59 bits per heavy atom. The van der Waals surface area contributed by atoms with Crippen molar-refractivity contribution in [1.29, 1.82) is 0 Å². The van der Waals surface area contributed by atoms with Gasteiger partial charge in [0.15, 0.2) is 0 Å². The van der Waals surface area contributed by atoms with Crippen molar-refractivity contribution in [3.05, 3.63) is 53.6 Å². The average molecular weight is 405 g/mol. The van der Waals surface area contributed by atoms with E-state index in [1.54, 1.807) is 18.2 Å². The fraction of sp³-hybridized carbons (Fsp3) is 0.300. The van der Waals surface area contributed by atoms with Crippen LogP contribution in [0.15, 0.2) is 42.5 Å².